The summed E-state index contributed by atoms with van der Waals surface area (Å²) in [6.45, 7) is 2.06. The minimum Gasteiger partial charge on any atom is -0.389 e. The summed E-state index contributed by atoms with van der Waals surface area (Å²) in [5.41, 5.74) is 0. The topological polar surface area (TPSA) is 57.5 Å². The molecular formula is C22H32O3. The van der Waals surface area contributed by atoms with Crippen LogP contribution < -0.4 is 0 Å². The quantitative estimate of drug-likeness (QED) is 0.209. The molecule has 0 aliphatic carbocycles. The Morgan fingerprint density at radius 2 is 1.28 bits per heavy atom. The molecule has 0 heterocycles. The van der Waals surface area contributed by atoms with Crippen LogP contribution in [0.4, 0.5) is 0 Å². The van der Waals surface area contributed by atoms with Crippen LogP contribution in [0, 0.1) is 0 Å². The average Bonchev–Trinajstić information content (AvgIpc) is 2.60. The van der Waals surface area contributed by atoms with E-state index in [1.807, 2.05) is 48.6 Å². The number of aliphatic hydroxyl groups is 2. The fraction of sp³-hybridized carbons (Fsp3) is 0.409. The molecule has 2 atom stereocenters. The van der Waals surface area contributed by atoms with Crippen molar-refractivity contribution in [2.24, 2.45) is 0 Å². The van der Waals surface area contributed by atoms with Crippen molar-refractivity contribution in [1.29, 1.82) is 0 Å². The minimum absolute atomic E-state index is 0.459. The van der Waals surface area contributed by atoms with E-state index in [1.54, 1.807) is 24.3 Å². The Kier molecular flexibility index (Phi) is 16.9. The Morgan fingerprint density at radius 1 is 0.720 bits per heavy atom. The highest BCUT2D eigenvalue weighted by molar-refractivity contribution is 5.49. The molecule has 0 aromatic heterocycles. The second kappa shape index (κ2) is 18.4. The van der Waals surface area contributed by atoms with Crippen molar-refractivity contribution in [1.82, 2.24) is 0 Å². The third-order valence-electron chi connectivity index (χ3n) is 3.21. The summed E-state index contributed by atoms with van der Waals surface area (Å²) < 4.78 is 0. The van der Waals surface area contributed by atoms with Gasteiger partial charge in [0, 0.05) is 6.42 Å². The van der Waals surface area contributed by atoms with Crippen LogP contribution in [0.1, 0.15) is 45.4 Å². The van der Waals surface area contributed by atoms with Gasteiger partial charge in [-0.15, -0.1) is 0 Å². The molecule has 0 amide bonds. The molecule has 0 saturated carbocycles. The zero-order valence-electron chi connectivity index (χ0n) is 15.2. The smallest absolute Gasteiger partial charge is 0.120 e. The lowest BCUT2D eigenvalue weighted by Gasteiger charge is -1.99. The van der Waals surface area contributed by atoms with Gasteiger partial charge < -0.3 is 15.0 Å². The van der Waals surface area contributed by atoms with E-state index in [2.05, 4.69) is 6.92 Å². The van der Waals surface area contributed by atoms with Gasteiger partial charge in [-0.2, -0.15) is 0 Å². The molecule has 3 nitrogen and oxygen atoms in total. The first kappa shape index (κ1) is 23.0. The molecule has 25 heavy (non-hydrogen) atoms. The van der Waals surface area contributed by atoms with Crippen molar-refractivity contribution >= 4 is 6.29 Å². The van der Waals surface area contributed by atoms with Crippen LogP contribution in [0.15, 0.2) is 72.9 Å². The number of aliphatic hydroxyl groups excluding tert-OH is 2. The van der Waals surface area contributed by atoms with Gasteiger partial charge in [0.2, 0.25) is 0 Å². The average molecular weight is 344 g/mol. The van der Waals surface area contributed by atoms with Crippen molar-refractivity contribution in [2.75, 3.05) is 0 Å². The summed E-state index contributed by atoms with van der Waals surface area (Å²) in [6.07, 6.45) is 27.0. The zero-order chi connectivity index (χ0) is 18.6. The summed E-state index contributed by atoms with van der Waals surface area (Å²) in [6, 6.07) is 0. The highest BCUT2D eigenvalue weighted by Gasteiger charge is 1.93. The molecule has 0 bridgehead atoms. The van der Waals surface area contributed by atoms with E-state index >= 15 is 0 Å². The highest BCUT2D eigenvalue weighted by Crippen LogP contribution is 1.99. The second-order valence-corrected chi connectivity index (χ2v) is 5.56. The largest absolute Gasteiger partial charge is 0.389 e. The van der Waals surface area contributed by atoms with E-state index < -0.39 is 12.2 Å². The van der Waals surface area contributed by atoms with E-state index in [9.17, 15) is 15.0 Å². The number of carbonyl (C=O) groups is 1. The Hall–Kier alpha value is -1.97. The molecule has 2 N–H and O–H groups in total. The van der Waals surface area contributed by atoms with E-state index in [-0.39, 0.29) is 0 Å². The van der Waals surface area contributed by atoms with Crippen molar-refractivity contribution < 1.29 is 15.0 Å². The Balaban J connectivity index is 3.87. The third-order valence-corrected chi connectivity index (χ3v) is 3.21. The summed E-state index contributed by atoms with van der Waals surface area (Å²) >= 11 is 0. The van der Waals surface area contributed by atoms with Crippen LogP contribution in [-0.4, -0.2) is 28.7 Å². The van der Waals surface area contributed by atoms with Gasteiger partial charge in [0.1, 0.15) is 6.29 Å². The van der Waals surface area contributed by atoms with Crippen molar-refractivity contribution in [3.8, 4) is 0 Å². The van der Waals surface area contributed by atoms with Gasteiger partial charge >= 0.3 is 0 Å². The third kappa shape index (κ3) is 18.2. The molecule has 0 rings (SSSR count). The van der Waals surface area contributed by atoms with Gasteiger partial charge in [-0.1, -0.05) is 79.8 Å². The molecule has 0 radical (unpaired) electrons. The molecule has 0 aliphatic rings. The number of allylic oxidation sites excluding steroid dienone is 8. The van der Waals surface area contributed by atoms with Gasteiger partial charge in [0.25, 0.3) is 0 Å². The molecule has 0 saturated heterocycles. The molecule has 0 aromatic rings. The molecule has 1 unspecified atom stereocenters. The maximum absolute atomic E-state index is 10.1. The molecule has 0 spiro atoms. The molecular weight excluding hydrogens is 312 g/mol. The Morgan fingerprint density at radius 3 is 1.84 bits per heavy atom. The van der Waals surface area contributed by atoms with Gasteiger partial charge in [-0.05, 0) is 32.1 Å². The predicted octanol–water partition coefficient (Wildman–Crippen LogP) is 4.60. The standard InChI is InChI=1S/C22H32O3/c1-2-3-11-16-21(24)18-13-8-9-14-19-22(25)17-12-7-5-4-6-10-15-20-23/h3-4,6-9,11-14,18-22,24-25H,2,5,10,15-17H2,1H3/b6-4-,9-8+,11-3-,12-7-,18-13-,19-14+/t21-,22?/m1/s1. The number of unbranched alkanes of at least 4 members (excludes halogenated alkanes) is 1. The first-order valence-corrected chi connectivity index (χ1v) is 8.97. The maximum Gasteiger partial charge on any atom is 0.120 e. The van der Waals surface area contributed by atoms with E-state index in [0.29, 0.717) is 19.3 Å². The summed E-state index contributed by atoms with van der Waals surface area (Å²) in [5.74, 6) is 0. The van der Waals surface area contributed by atoms with Crippen molar-refractivity contribution in [3.05, 3.63) is 72.9 Å². The van der Waals surface area contributed by atoms with Crippen LogP contribution in [0.5, 0.6) is 0 Å². The zero-order valence-corrected chi connectivity index (χ0v) is 15.2. The first-order chi connectivity index (χ1) is 12.2. The van der Waals surface area contributed by atoms with Crippen LogP contribution in [-0.2, 0) is 4.79 Å². The fourth-order valence-electron chi connectivity index (χ4n) is 1.86. The van der Waals surface area contributed by atoms with Gasteiger partial charge in [-0.25, -0.2) is 0 Å². The van der Waals surface area contributed by atoms with Crippen LogP contribution in [0.25, 0.3) is 0 Å². The second-order valence-electron chi connectivity index (χ2n) is 5.56. The van der Waals surface area contributed by atoms with Crippen molar-refractivity contribution in [2.45, 2.75) is 57.7 Å². The Bertz CT molecular complexity index is 482. The van der Waals surface area contributed by atoms with Crippen LogP contribution in [0.3, 0.4) is 0 Å². The number of carbonyl (C=O) groups excluding carboxylic acids is 1. The number of rotatable bonds is 14. The number of aldehydes is 1. The fourth-order valence-corrected chi connectivity index (χ4v) is 1.86. The molecule has 0 aromatic carbocycles. The Labute approximate surface area is 152 Å². The lowest BCUT2D eigenvalue weighted by Crippen LogP contribution is -1.98. The van der Waals surface area contributed by atoms with E-state index in [0.717, 1.165) is 25.5 Å². The normalized spacial score (nSPS) is 15.6. The number of hydrogen-bond acceptors (Lipinski definition) is 3. The maximum atomic E-state index is 10.1. The monoisotopic (exact) mass is 344 g/mol. The molecule has 138 valence electrons. The first-order valence-electron chi connectivity index (χ1n) is 8.97. The van der Waals surface area contributed by atoms with E-state index in [1.165, 1.54) is 0 Å². The molecule has 3 heteroatoms. The number of hydrogen-bond donors (Lipinski definition) is 2. The van der Waals surface area contributed by atoms with Crippen LogP contribution >= 0.6 is 0 Å². The summed E-state index contributed by atoms with van der Waals surface area (Å²) in [5, 5.41) is 19.5. The highest BCUT2D eigenvalue weighted by atomic mass is 16.3. The molecule has 0 aliphatic heterocycles. The van der Waals surface area contributed by atoms with Gasteiger partial charge in [0.05, 0.1) is 12.2 Å². The lowest BCUT2D eigenvalue weighted by atomic mass is 10.2. The SMILES string of the molecule is CC/C=C\C[C@@H](O)\C=C/C=C/C=C/C(O)C/C=C\C/C=C\CCC=O. The van der Waals surface area contributed by atoms with Gasteiger partial charge in [-0.3, -0.25) is 0 Å². The van der Waals surface area contributed by atoms with Crippen LogP contribution in [0.2, 0.25) is 0 Å². The summed E-state index contributed by atoms with van der Waals surface area (Å²) in [7, 11) is 0. The molecule has 0 fully saturated rings. The van der Waals surface area contributed by atoms with E-state index in [4.69, 9.17) is 0 Å². The minimum atomic E-state index is -0.506. The lowest BCUT2D eigenvalue weighted by molar-refractivity contribution is -0.107. The summed E-state index contributed by atoms with van der Waals surface area (Å²) in [4.78, 5) is 10.1. The predicted molar refractivity (Wildman–Crippen MR) is 106 cm³/mol. The van der Waals surface area contributed by atoms with Gasteiger partial charge in [0.15, 0.2) is 0 Å². The van der Waals surface area contributed by atoms with Crippen molar-refractivity contribution in [3.63, 3.8) is 0 Å².